The largest absolute Gasteiger partial charge is 0.497 e. The van der Waals surface area contributed by atoms with Crippen molar-refractivity contribution in [2.24, 2.45) is 0 Å². The van der Waals surface area contributed by atoms with Gasteiger partial charge < -0.3 is 14.6 Å². The first-order chi connectivity index (χ1) is 11.4. The highest BCUT2D eigenvalue weighted by atomic mass is 19.1. The number of ether oxygens (including phenoxy) is 2. The molecule has 0 bridgehead atoms. The van der Waals surface area contributed by atoms with E-state index in [2.05, 4.69) is 6.92 Å². The third-order valence-corrected chi connectivity index (χ3v) is 5.58. The summed E-state index contributed by atoms with van der Waals surface area (Å²) in [4.78, 5) is 13.7. The fourth-order valence-corrected chi connectivity index (χ4v) is 3.78. The quantitative estimate of drug-likeness (QED) is 0.914. The molecule has 0 spiro atoms. The van der Waals surface area contributed by atoms with E-state index in [1.165, 1.54) is 0 Å². The first kappa shape index (κ1) is 17.2. The molecule has 0 saturated carbocycles. The smallest absolute Gasteiger partial charge is 0.343 e. The fraction of sp³-hybridized carbons (Fsp3) is 0.611. The Morgan fingerprint density at radius 3 is 2.50 bits per heavy atom. The second kappa shape index (κ2) is 6.33. The Balaban J connectivity index is 1.89. The van der Waals surface area contributed by atoms with E-state index in [1.54, 1.807) is 31.4 Å². The summed E-state index contributed by atoms with van der Waals surface area (Å²) in [5, 5.41) is 9.55. The van der Waals surface area contributed by atoms with E-state index in [0.29, 0.717) is 31.1 Å². The molecule has 6 heteroatoms. The number of hydrogen-bond donors (Lipinski definition) is 1. The standard InChI is InChI=1S/C18H24FNO4/c1-17(7-9-24-10-8-17)20-11-15(18(19,12-20)16(21)22)13-3-5-14(23-2)6-4-13/h3-6,15H,7-12H2,1-2H3,(H,21,22)/t15-,18-/m0/s1. The van der Waals surface area contributed by atoms with Crippen LogP contribution in [0.1, 0.15) is 31.2 Å². The highest BCUT2D eigenvalue weighted by molar-refractivity contribution is 5.80. The maximum Gasteiger partial charge on any atom is 0.343 e. The van der Waals surface area contributed by atoms with Crippen molar-refractivity contribution in [2.45, 2.75) is 36.9 Å². The number of likely N-dealkylation sites (tertiary alicyclic amines) is 1. The molecule has 1 N–H and O–H groups in total. The predicted octanol–water partition coefficient (Wildman–Crippen LogP) is 2.46. The lowest BCUT2D eigenvalue weighted by atomic mass is 9.86. The summed E-state index contributed by atoms with van der Waals surface area (Å²) in [6.07, 6.45) is 1.58. The number of alkyl halides is 1. The zero-order valence-electron chi connectivity index (χ0n) is 14.1. The van der Waals surface area contributed by atoms with Gasteiger partial charge in [-0.3, -0.25) is 4.90 Å². The van der Waals surface area contributed by atoms with Crippen LogP contribution in [0.3, 0.4) is 0 Å². The van der Waals surface area contributed by atoms with Crippen LogP contribution in [0.5, 0.6) is 5.75 Å². The molecule has 0 unspecified atom stereocenters. The summed E-state index contributed by atoms with van der Waals surface area (Å²) < 4.78 is 26.0. The van der Waals surface area contributed by atoms with Gasteiger partial charge in [0.1, 0.15) is 5.75 Å². The average molecular weight is 337 g/mol. The molecule has 5 nitrogen and oxygen atoms in total. The molecule has 2 fully saturated rings. The Morgan fingerprint density at radius 2 is 1.96 bits per heavy atom. The van der Waals surface area contributed by atoms with Crippen molar-refractivity contribution in [3.05, 3.63) is 29.8 Å². The number of halogens is 1. The summed E-state index contributed by atoms with van der Waals surface area (Å²) in [5.41, 5.74) is -1.80. The number of aliphatic carboxylic acids is 1. The molecular weight excluding hydrogens is 313 g/mol. The predicted molar refractivity (Wildman–Crippen MR) is 87.2 cm³/mol. The summed E-state index contributed by atoms with van der Waals surface area (Å²) in [6, 6.07) is 7.01. The zero-order valence-corrected chi connectivity index (χ0v) is 14.1. The van der Waals surface area contributed by atoms with E-state index in [1.807, 2.05) is 4.90 Å². The number of carbonyl (C=O) groups is 1. The number of benzene rings is 1. The van der Waals surface area contributed by atoms with Crippen molar-refractivity contribution in [1.29, 1.82) is 0 Å². The molecule has 24 heavy (non-hydrogen) atoms. The van der Waals surface area contributed by atoms with Gasteiger partial charge in [-0.25, -0.2) is 9.18 Å². The Kier molecular flexibility index (Phi) is 4.53. The SMILES string of the molecule is COc1ccc([C@@H]2CN(C3(C)CCOCC3)C[C@@]2(F)C(=O)O)cc1. The van der Waals surface area contributed by atoms with Crippen molar-refractivity contribution in [1.82, 2.24) is 4.90 Å². The topological polar surface area (TPSA) is 59.0 Å². The van der Waals surface area contributed by atoms with Crippen molar-refractivity contribution < 1.29 is 23.8 Å². The van der Waals surface area contributed by atoms with E-state index in [9.17, 15) is 9.90 Å². The first-order valence-corrected chi connectivity index (χ1v) is 8.28. The molecule has 2 saturated heterocycles. The highest BCUT2D eigenvalue weighted by Gasteiger charge is 2.57. The minimum Gasteiger partial charge on any atom is -0.497 e. The molecule has 1 aromatic rings. The van der Waals surface area contributed by atoms with Crippen LogP contribution in [0.15, 0.2) is 24.3 Å². The van der Waals surface area contributed by atoms with Crippen LogP contribution in [0.25, 0.3) is 0 Å². The highest BCUT2D eigenvalue weighted by Crippen LogP contribution is 2.44. The van der Waals surface area contributed by atoms with Crippen molar-refractivity contribution in [2.75, 3.05) is 33.4 Å². The number of nitrogens with zero attached hydrogens (tertiary/aromatic N) is 1. The van der Waals surface area contributed by atoms with E-state index < -0.39 is 17.6 Å². The van der Waals surface area contributed by atoms with Gasteiger partial charge in [-0.1, -0.05) is 12.1 Å². The Morgan fingerprint density at radius 1 is 1.33 bits per heavy atom. The average Bonchev–Trinajstić information content (AvgIpc) is 2.96. The second-order valence-corrected chi connectivity index (χ2v) is 6.98. The van der Waals surface area contributed by atoms with Crippen LogP contribution >= 0.6 is 0 Å². The molecule has 0 radical (unpaired) electrons. The minimum absolute atomic E-state index is 0.0878. The minimum atomic E-state index is -2.28. The lowest BCUT2D eigenvalue weighted by molar-refractivity contribution is -0.151. The molecule has 2 aliphatic rings. The van der Waals surface area contributed by atoms with Gasteiger partial charge in [0.25, 0.3) is 0 Å². The molecule has 0 aliphatic carbocycles. The van der Waals surface area contributed by atoms with Crippen molar-refractivity contribution >= 4 is 5.97 Å². The van der Waals surface area contributed by atoms with Crippen molar-refractivity contribution in [3.8, 4) is 5.75 Å². The third-order valence-electron chi connectivity index (χ3n) is 5.58. The van der Waals surface area contributed by atoms with E-state index in [0.717, 1.165) is 12.8 Å². The molecule has 1 aromatic carbocycles. The van der Waals surface area contributed by atoms with Gasteiger partial charge >= 0.3 is 5.97 Å². The summed E-state index contributed by atoms with van der Waals surface area (Å²) in [7, 11) is 1.56. The first-order valence-electron chi connectivity index (χ1n) is 8.28. The van der Waals surface area contributed by atoms with Gasteiger partial charge in [0.15, 0.2) is 0 Å². The van der Waals surface area contributed by atoms with Crippen LogP contribution < -0.4 is 4.74 Å². The molecule has 2 heterocycles. The van der Waals surface area contributed by atoms with E-state index >= 15 is 4.39 Å². The summed E-state index contributed by atoms with van der Waals surface area (Å²) in [5.74, 6) is -1.41. The van der Waals surface area contributed by atoms with Crippen LogP contribution in [0, 0.1) is 0 Å². The van der Waals surface area contributed by atoms with Gasteiger partial charge in [0, 0.05) is 37.8 Å². The molecule has 132 valence electrons. The number of carboxylic acids is 1. The number of methoxy groups -OCH3 is 1. The van der Waals surface area contributed by atoms with Crippen LogP contribution in [-0.4, -0.2) is 60.6 Å². The van der Waals surface area contributed by atoms with Gasteiger partial charge in [0.2, 0.25) is 5.67 Å². The Bertz CT molecular complexity index is 600. The molecule has 2 aliphatic heterocycles. The zero-order chi connectivity index (χ0) is 17.4. The molecule has 3 rings (SSSR count). The van der Waals surface area contributed by atoms with Gasteiger partial charge in [-0.2, -0.15) is 0 Å². The maximum atomic E-state index is 15.4. The number of rotatable bonds is 4. The van der Waals surface area contributed by atoms with E-state index in [-0.39, 0.29) is 12.1 Å². The summed E-state index contributed by atoms with van der Waals surface area (Å²) >= 11 is 0. The molecular formula is C18H24FNO4. The third kappa shape index (κ3) is 2.89. The Labute approximate surface area is 141 Å². The maximum absolute atomic E-state index is 15.4. The lowest BCUT2D eigenvalue weighted by Crippen LogP contribution is -2.50. The van der Waals surface area contributed by atoms with Crippen LogP contribution in [-0.2, 0) is 9.53 Å². The Hall–Kier alpha value is -1.66. The lowest BCUT2D eigenvalue weighted by Gasteiger charge is -2.41. The molecule has 0 aromatic heterocycles. The number of carboxylic acid groups (broad SMARTS) is 1. The van der Waals surface area contributed by atoms with Gasteiger partial charge in [0.05, 0.1) is 7.11 Å². The monoisotopic (exact) mass is 337 g/mol. The normalized spacial score (nSPS) is 30.2. The fourth-order valence-electron chi connectivity index (χ4n) is 3.78. The second-order valence-electron chi connectivity index (χ2n) is 6.98. The van der Waals surface area contributed by atoms with E-state index in [4.69, 9.17) is 9.47 Å². The van der Waals surface area contributed by atoms with Gasteiger partial charge in [-0.15, -0.1) is 0 Å². The summed E-state index contributed by atoms with van der Waals surface area (Å²) in [6.45, 7) is 3.65. The molecule has 2 atom stereocenters. The molecule has 0 amide bonds. The number of hydrogen-bond acceptors (Lipinski definition) is 4. The van der Waals surface area contributed by atoms with Crippen LogP contribution in [0.2, 0.25) is 0 Å². The van der Waals surface area contributed by atoms with Gasteiger partial charge in [-0.05, 0) is 37.5 Å². The van der Waals surface area contributed by atoms with Crippen LogP contribution in [0.4, 0.5) is 4.39 Å². The van der Waals surface area contributed by atoms with Crippen molar-refractivity contribution in [3.63, 3.8) is 0 Å².